The van der Waals surface area contributed by atoms with Crippen LogP contribution < -0.4 is 0 Å². The maximum absolute atomic E-state index is 14.0. The molecule has 0 fully saturated rings. The van der Waals surface area contributed by atoms with Crippen molar-refractivity contribution in [3.05, 3.63) is 53.5 Å². The summed E-state index contributed by atoms with van der Waals surface area (Å²) in [6.07, 6.45) is 10.7. The quantitative estimate of drug-likeness (QED) is 0.798. The molecule has 0 bridgehead atoms. The Kier molecular flexibility index (Phi) is 3.43. The molecule has 0 atom stereocenters. The number of halogens is 1. The van der Waals surface area contributed by atoms with E-state index in [0.717, 1.165) is 35.9 Å². The fourth-order valence-corrected chi connectivity index (χ4v) is 2.61. The standard InChI is InChI=1S/C17H19FN2/c1-12(2)15-9-17-14(8-16(15)18)11-20(19-17)10-13-6-4-3-5-7-13/h4,6-9,11-12H,3,5,10H2,1-2H3. The number of rotatable bonds is 3. The van der Waals surface area contributed by atoms with Crippen molar-refractivity contribution in [3.8, 4) is 0 Å². The highest BCUT2D eigenvalue weighted by Crippen LogP contribution is 2.24. The van der Waals surface area contributed by atoms with Gasteiger partial charge in [-0.1, -0.05) is 32.1 Å². The number of aromatic nitrogens is 2. The van der Waals surface area contributed by atoms with Crippen LogP contribution in [0.5, 0.6) is 0 Å². The van der Waals surface area contributed by atoms with Gasteiger partial charge in [0, 0.05) is 11.6 Å². The zero-order valence-corrected chi connectivity index (χ0v) is 11.9. The monoisotopic (exact) mass is 270 g/mol. The van der Waals surface area contributed by atoms with Gasteiger partial charge in [0.1, 0.15) is 5.82 Å². The predicted octanol–water partition coefficient (Wildman–Crippen LogP) is 4.58. The van der Waals surface area contributed by atoms with Crippen molar-refractivity contribution in [2.75, 3.05) is 0 Å². The molecular weight excluding hydrogens is 251 g/mol. The lowest BCUT2D eigenvalue weighted by Crippen LogP contribution is -2.01. The molecule has 0 amide bonds. The second-order valence-electron chi connectivity index (χ2n) is 5.67. The first-order valence-corrected chi connectivity index (χ1v) is 7.15. The molecule has 20 heavy (non-hydrogen) atoms. The minimum absolute atomic E-state index is 0.135. The topological polar surface area (TPSA) is 17.8 Å². The van der Waals surface area contributed by atoms with E-state index in [1.54, 1.807) is 6.07 Å². The summed E-state index contributed by atoms with van der Waals surface area (Å²) in [5.41, 5.74) is 2.88. The van der Waals surface area contributed by atoms with E-state index in [2.05, 4.69) is 23.3 Å². The number of allylic oxidation sites excluding steroid dienone is 4. The Morgan fingerprint density at radius 3 is 2.85 bits per heavy atom. The Morgan fingerprint density at radius 2 is 2.15 bits per heavy atom. The van der Waals surface area contributed by atoms with Gasteiger partial charge in [0.15, 0.2) is 0 Å². The molecule has 0 radical (unpaired) electrons. The zero-order chi connectivity index (χ0) is 14.1. The highest BCUT2D eigenvalue weighted by atomic mass is 19.1. The van der Waals surface area contributed by atoms with Crippen molar-refractivity contribution < 1.29 is 4.39 Å². The molecule has 0 aliphatic heterocycles. The van der Waals surface area contributed by atoms with E-state index in [-0.39, 0.29) is 11.7 Å². The maximum atomic E-state index is 14.0. The van der Waals surface area contributed by atoms with Gasteiger partial charge in [-0.05, 0) is 42.0 Å². The minimum atomic E-state index is -0.135. The molecule has 1 aromatic heterocycles. The van der Waals surface area contributed by atoms with E-state index in [1.807, 2.05) is 30.8 Å². The summed E-state index contributed by atoms with van der Waals surface area (Å²) in [6.45, 7) is 4.75. The number of hydrogen-bond acceptors (Lipinski definition) is 1. The maximum Gasteiger partial charge on any atom is 0.127 e. The predicted molar refractivity (Wildman–Crippen MR) is 80.2 cm³/mol. The van der Waals surface area contributed by atoms with Crippen molar-refractivity contribution in [1.82, 2.24) is 9.78 Å². The number of fused-ring (bicyclic) bond motifs is 1. The van der Waals surface area contributed by atoms with Crippen LogP contribution >= 0.6 is 0 Å². The lowest BCUT2D eigenvalue weighted by Gasteiger charge is -2.06. The van der Waals surface area contributed by atoms with Crippen molar-refractivity contribution in [2.24, 2.45) is 0 Å². The van der Waals surface area contributed by atoms with Gasteiger partial charge in [0.25, 0.3) is 0 Å². The molecule has 3 rings (SSSR count). The van der Waals surface area contributed by atoms with Gasteiger partial charge in [0.05, 0.1) is 12.1 Å². The van der Waals surface area contributed by atoms with Gasteiger partial charge in [-0.2, -0.15) is 5.10 Å². The SMILES string of the molecule is CC(C)c1cc2nn(CC3=CCCC=C3)cc2cc1F. The molecule has 1 heterocycles. The Bertz CT molecular complexity index is 692. The Balaban J connectivity index is 1.94. The van der Waals surface area contributed by atoms with Crippen LogP contribution in [-0.2, 0) is 6.54 Å². The molecule has 0 spiro atoms. The average Bonchev–Trinajstić information content (AvgIpc) is 2.79. The van der Waals surface area contributed by atoms with Crippen molar-refractivity contribution in [3.63, 3.8) is 0 Å². The van der Waals surface area contributed by atoms with Crippen LogP contribution in [0.1, 0.15) is 38.2 Å². The molecule has 0 saturated carbocycles. The molecule has 2 nitrogen and oxygen atoms in total. The average molecular weight is 270 g/mol. The van der Waals surface area contributed by atoms with Crippen molar-refractivity contribution >= 4 is 10.9 Å². The Hall–Kier alpha value is -1.90. The minimum Gasteiger partial charge on any atom is -0.267 e. The normalized spacial score (nSPS) is 15.1. The van der Waals surface area contributed by atoms with Gasteiger partial charge in [-0.25, -0.2) is 4.39 Å². The fourth-order valence-electron chi connectivity index (χ4n) is 2.61. The first-order chi connectivity index (χ1) is 9.63. The van der Waals surface area contributed by atoms with Crippen LogP contribution in [0.25, 0.3) is 10.9 Å². The van der Waals surface area contributed by atoms with E-state index in [0.29, 0.717) is 0 Å². The van der Waals surface area contributed by atoms with Crippen LogP contribution in [0.3, 0.4) is 0 Å². The van der Waals surface area contributed by atoms with Crippen LogP contribution in [0, 0.1) is 5.82 Å². The Morgan fingerprint density at radius 1 is 1.30 bits per heavy atom. The largest absolute Gasteiger partial charge is 0.267 e. The summed E-state index contributed by atoms with van der Waals surface area (Å²) >= 11 is 0. The van der Waals surface area contributed by atoms with Crippen molar-refractivity contribution in [1.29, 1.82) is 0 Å². The molecule has 1 aliphatic rings. The molecule has 1 aliphatic carbocycles. The van der Waals surface area contributed by atoms with Gasteiger partial charge in [-0.15, -0.1) is 0 Å². The molecule has 0 saturated heterocycles. The lowest BCUT2D eigenvalue weighted by molar-refractivity contribution is 0.600. The van der Waals surface area contributed by atoms with Crippen LogP contribution in [-0.4, -0.2) is 9.78 Å². The zero-order valence-electron chi connectivity index (χ0n) is 11.9. The Labute approximate surface area is 118 Å². The first kappa shape index (κ1) is 13.1. The van der Waals surface area contributed by atoms with Gasteiger partial charge < -0.3 is 0 Å². The summed E-state index contributed by atoms with van der Waals surface area (Å²) in [4.78, 5) is 0. The van der Waals surface area contributed by atoms with Crippen LogP contribution in [0.4, 0.5) is 4.39 Å². The van der Waals surface area contributed by atoms with Crippen molar-refractivity contribution in [2.45, 2.75) is 39.2 Å². The van der Waals surface area contributed by atoms with Gasteiger partial charge in [0.2, 0.25) is 0 Å². The molecular formula is C17H19FN2. The summed E-state index contributed by atoms with van der Waals surface area (Å²) in [5.74, 6) is 0.0392. The lowest BCUT2D eigenvalue weighted by atomic mass is 10.0. The second kappa shape index (κ2) is 5.23. The third-order valence-electron chi connectivity index (χ3n) is 3.71. The molecule has 0 unspecified atom stereocenters. The molecule has 2 aromatic rings. The van der Waals surface area contributed by atoms with Gasteiger partial charge in [-0.3, -0.25) is 4.68 Å². The number of benzene rings is 1. The summed E-state index contributed by atoms with van der Waals surface area (Å²) in [5, 5.41) is 5.43. The van der Waals surface area contributed by atoms with Gasteiger partial charge >= 0.3 is 0 Å². The highest BCUT2D eigenvalue weighted by molar-refractivity contribution is 5.79. The fraction of sp³-hybridized carbons (Fsp3) is 0.353. The third-order valence-corrected chi connectivity index (χ3v) is 3.71. The van der Waals surface area contributed by atoms with E-state index in [4.69, 9.17) is 0 Å². The van der Waals surface area contributed by atoms with Crippen LogP contribution in [0.2, 0.25) is 0 Å². The third kappa shape index (κ3) is 2.53. The second-order valence-corrected chi connectivity index (χ2v) is 5.67. The molecule has 104 valence electrons. The smallest absolute Gasteiger partial charge is 0.127 e. The summed E-state index contributed by atoms with van der Waals surface area (Å²) < 4.78 is 15.9. The number of nitrogens with zero attached hydrogens (tertiary/aromatic N) is 2. The highest BCUT2D eigenvalue weighted by Gasteiger charge is 2.11. The van der Waals surface area contributed by atoms with E-state index in [9.17, 15) is 4.39 Å². The first-order valence-electron chi connectivity index (χ1n) is 7.15. The summed E-state index contributed by atoms with van der Waals surface area (Å²) in [6, 6.07) is 3.47. The van der Waals surface area contributed by atoms with Crippen LogP contribution in [0.15, 0.2) is 42.1 Å². The van der Waals surface area contributed by atoms with E-state index in [1.165, 1.54) is 5.57 Å². The van der Waals surface area contributed by atoms with E-state index >= 15 is 0 Å². The number of hydrogen-bond donors (Lipinski definition) is 0. The molecule has 3 heteroatoms. The summed E-state index contributed by atoms with van der Waals surface area (Å²) in [7, 11) is 0. The van der Waals surface area contributed by atoms with E-state index < -0.39 is 0 Å². The molecule has 0 N–H and O–H groups in total. The molecule has 1 aromatic carbocycles.